The van der Waals surface area contributed by atoms with Crippen LogP contribution in [0, 0.1) is 11.8 Å². The molecule has 0 amide bonds. The van der Waals surface area contributed by atoms with Crippen LogP contribution in [0.3, 0.4) is 0 Å². The molecule has 1 N–H and O–H groups in total. The Hall–Kier alpha value is -1.77. The van der Waals surface area contributed by atoms with E-state index in [9.17, 15) is 4.79 Å². The highest BCUT2D eigenvalue weighted by Gasteiger charge is 2.07. The summed E-state index contributed by atoms with van der Waals surface area (Å²) in [6.45, 7) is 6.42. The third-order valence-corrected chi connectivity index (χ3v) is 4.32. The molecule has 24 heavy (non-hydrogen) atoms. The number of aliphatic carboxylic acids is 1. The fourth-order valence-electron chi connectivity index (χ4n) is 2.78. The number of furan rings is 1. The van der Waals surface area contributed by atoms with Crippen molar-refractivity contribution in [3.05, 3.63) is 48.0 Å². The van der Waals surface area contributed by atoms with Gasteiger partial charge in [0.1, 0.15) is 0 Å². The number of hydrogen-bond donors (Lipinski definition) is 1. The predicted molar refractivity (Wildman–Crippen MR) is 99.0 cm³/mol. The van der Waals surface area contributed by atoms with Gasteiger partial charge in [0.2, 0.25) is 0 Å². The Labute approximate surface area is 146 Å². The molecule has 3 heteroatoms. The standard InChI is InChI=1S/C21H32O3/c1-17(9-5-11-19(3)15-21(22)23)7-4-8-18(2)10-6-12-20-13-14-24-16-20/h4,7-8,13-14,16-17,19H,5-6,9-12,15H2,1-3H3,(H,22,23)/b7-4+,18-8+/t17-,19+/m1/s1. The Bertz CT molecular complexity index is 511. The second-order valence-electron chi connectivity index (χ2n) is 6.99. The number of allylic oxidation sites excluding steroid dienone is 4. The van der Waals surface area contributed by atoms with E-state index in [2.05, 4.69) is 32.1 Å². The van der Waals surface area contributed by atoms with Gasteiger partial charge in [0.05, 0.1) is 12.5 Å². The molecular weight excluding hydrogens is 300 g/mol. The van der Waals surface area contributed by atoms with Gasteiger partial charge in [-0.05, 0) is 56.1 Å². The first-order valence-corrected chi connectivity index (χ1v) is 9.04. The van der Waals surface area contributed by atoms with Crippen molar-refractivity contribution >= 4 is 5.97 Å². The molecule has 1 heterocycles. The molecule has 3 nitrogen and oxygen atoms in total. The summed E-state index contributed by atoms with van der Waals surface area (Å²) in [5.74, 6) is 0.122. The van der Waals surface area contributed by atoms with Crippen LogP contribution in [0.2, 0.25) is 0 Å². The Balaban J connectivity index is 2.15. The topological polar surface area (TPSA) is 50.4 Å². The number of aryl methyl sites for hydroxylation is 1. The van der Waals surface area contributed by atoms with E-state index < -0.39 is 5.97 Å². The molecule has 0 fully saturated rings. The number of hydrogen-bond acceptors (Lipinski definition) is 2. The van der Waals surface area contributed by atoms with Crippen molar-refractivity contribution in [2.24, 2.45) is 11.8 Å². The monoisotopic (exact) mass is 332 g/mol. The molecule has 0 aromatic carbocycles. The molecule has 0 saturated heterocycles. The lowest BCUT2D eigenvalue weighted by Crippen LogP contribution is -2.04. The van der Waals surface area contributed by atoms with E-state index in [0.717, 1.165) is 38.5 Å². The molecule has 1 aromatic rings. The summed E-state index contributed by atoms with van der Waals surface area (Å²) in [6.07, 6.45) is 17.0. The Kier molecular flexibility index (Phi) is 9.90. The maximum atomic E-state index is 10.6. The Morgan fingerprint density at radius 3 is 2.75 bits per heavy atom. The van der Waals surface area contributed by atoms with Gasteiger partial charge in [-0.1, -0.05) is 50.5 Å². The van der Waals surface area contributed by atoms with Gasteiger partial charge < -0.3 is 9.52 Å². The smallest absolute Gasteiger partial charge is 0.303 e. The summed E-state index contributed by atoms with van der Waals surface area (Å²) >= 11 is 0. The normalized spacial score (nSPS) is 14.9. The van der Waals surface area contributed by atoms with Gasteiger partial charge in [-0.15, -0.1) is 0 Å². The van der Waals surface area contributed by atoms with Crippen molar-refractivity contribution in [2.45, 2.75) is 65.7 Å². The van der Waals surface area contributed by atoms with Crippen molar-refractivity contribution in [3.63, 3.8) is 0 Å². The first kappa shape index (κ1) is 20.3. The van der Waals surface area contributed by atoms with Gasteiger partial charge >= 0.3 is 5.97 Å². The maximum Gasteiger partial charge on any atom is 0.303 e. The number of carboxylic acid groups (broad SMARTS) is 1. The van der Waals surface area contributed by atoms with Gasteiger partial charge in [-0.3, -0.25) is 4.79 Å². The average Bonchev–Trinajstić information content (AvgIpc) is 2.99. The van der Waals surface area contributed by atoms with Crippen molar-refractivity contribution in [1.82, 2.24) is 0 Å². The summed E-state index contributed by atoms with van der Waals surface area (Å²) in [4.78, 5) is 10.6. The summed E-state index contributed by atoms with van der Waals surface area (Å²) in [6, 6.07) is 2.03. The lowest BCUT2D eigenvalue weighted by atomic mass is 9.96. The van der Waals surface area contributed by atoms with E-state index in [1.165, 1.54) is 11.1 Å². The van der Waals surface area contributed by atoms with Crippen LogP contribution >= 0.6 is 0 Å². The summed E-state index contributed by atoms with van der Waals surface area (Å²) in [5, 5.41) is 8.75. The number of rotatable bonds is 12. The molecule has 0 aliphatic rings. The Morgan fingerprint density at radius 1 is 1.29 bits per heavy atom. The predicted octanol–water partition coefficient (Wildman–Crippen LogP) is 6.02. The van der Waals surface area contributed by atoms with Crippen LogP contribution in [0.4, 0.5) is 0 Å². The third kappa shape index (κ3) is 10.1. The molecule has 0 bridgehead atoms. The zero-order chi connectivity index (χ0) is 17.8. The molecule has 134 valence electrons. The largest absolute Gasteiger partial charge is 0.481 e. The van der Waals surface area contributed by atoms with E-state index in [0.29, 0.717) is 5.92 Å². The molecule has 0 unspecified atom stereocenters. The van der Waals surface area contributed by atoms with Crippen LogP contribution in [-0.2, 0) is 11.2 Å². The van der Waals surface area contributed by atoms with Crippen LogP contribution in [-0.4, -0.2) is 11.1 Å². The molecule has 0 saturated carbocycles. The summed E-state index contributed by atoms with van der Waals surface area (Å²) in [5.41, 5.74) is 2.67. The van der Waals surface area contributed by atoms with Crippen molar-refractivity contribution in [1.29, 1.82) is 0 Å². The van der Waals surface area contributed by atoms with Crippen LogP contribution in [0.1, 0.15) is 64.9 Å². The third-order valence-electron chi connectivity index (χ3n) is 4.32. The summed E-state index contributed by atoms with van der Waals surface area (Å²) in [7, 11) is 0. The SMILES string of the molecule is C/C(=C\C=C\[C@@H](C)CCC[C@H](C)CC(=O)O)CCCc1ccoc1. The molecule has 2 atom stereocenters. The van der Waals surface area contributed by atoms with Gasteiger partial charge in [0.25, 0.3) is 0 Å². The quantitative estimate of drug-likeness (QED) is 0.476. The first-order chi connectivity index (χ1) is 11.5. The maximum absolute atomic E-state index is 10.6. The molecule has 1 aromatic heterocycles. The van der Waals surface area contributed by atoms with Gasteiger partial charge in [-0.2, -0.15) is 0 Å². The molecule has 0 spiro atoms. The minimum Gasteiger partial charge on any atom is -0.481 e. The van der Waals surface area contributed by atoms with Crippen molar-refractivity contribution in [2.75, 3.05) is 0 Å². The van der Waals surface area contributed by atoms with Crippen molar-refractivity contribution in [3.8, 4) is 0 Å². The fraction of sp³-hybridized carbons (Fsp3) is 0.571. The molecule has 0 aliphatic carbocycles. The molecule has 1 rings (SSSR count). The van der Waals surface area contributed by atoms with Gasteiger partial charge in [0.15, 0.2) is 0 Å². The minimum absolute atomic E-state index is 0.274. The second-order valence-corrected chi connectivity index (χ2v) is 6.99. The highest BCUT2D eigenvalue weighted by molar-refractivity contribution is 5.66. The van der Waals surface area contributed by atoms with E-state index >= 15 is 0 Å². The van der Waals surface area contributed by atoms with Crippen LogP contribution < -0.4 is 0 Å². The van der Waals surface area contributed by atoms with E-state index in [-0.39, 0.29) is 12.3 Å². The van der Waals surface area contributed by atoms with Crippen LogP contribution in [0.5, 0.6) is 0 Å². The molecule has 0 radical (unpaired) electrons. The highest BCUT2D eigenvalue weighted by Crippen LogP contribution is 2.16. The molecule has 0 aliphatic heterocycles. The average molecular weight is 332 g/mol. The van der Waals surface area contributed by atoms with Crippen LogP contribution in [0.15, 0.2) is 46.8 Å². The molecular formula is C21H32O3. The fourth-order valence-corrected chi connectivity index (χ4v) is 2.78. The lowest BCUT2D eigenvalue weighted by molar-refractivity contribution is -0.138. The van der Waals surface area contributed by atoms with Gasteiger partial charge in [-0.25, -0.2) is 0 Å². The Morgan fingerprint density at radius 2 is 2.08 bits per heavy atom. The number of carboxylic acids is 1. The minimum atomic E-state index is -0.691. The number of carbonyl (C=O) groups is 1. The zero-order valence-corrected chi connectivity index (χ0v) is 15.3. The van der Waals surface area contributed by atoms with E-state index in [4.69, 9.17) is 9.52 Å². The van der Waals surface area contributed by atoms with Crippen LogP contribution in [0.25, 0.3) is 0 Å². The van der Waals surface area contributed by atoms with E-state index in [1.807, 2.05) is 19.3 Å². The zero-order valence-electron chi connectivity index (χ0n) is 15.3. The second kappa shape index (κ2) is 11.7. The van der Waals surface area contributed by atoms with Gasteiger partial charge in [0, 0.05) is 6.42 Å². The lowest BCUT2D eigenvalue weighted by Gasteiger charge is -2.10. The van der Waals surface area contributed by atoms with Crippen molar-refractivity contribution < 1.29 is 14.3 Å². The highest BCUT2D eigenvalue weighted by atomic mass is 16.4. The van der Waals surface area contributed by atoms with E-state index in [1.54, 1.807) is 6.26 Å². The first-order valence-electron chi connectivity index (χ1n) is 9.04. The summed E-state index contributed by atoms with van der Waals surface area (Å²) < 4.78 is 5.07.